The first kappa shape index (κ1) is 23.5. The maximum atomic E-state index is 13.7. The first-order chi connectivity index (χ1) is 15.2. The molecule has 1 aromatic carbocycles. The molecule has 0 saturated carbocycles. The summed E-state index contributed by atoms with van der Waals surface area (Å²) >= 11 is 0. The summed E-state index contributed by atoms with van der Waals surface area (Å²) in [6.07, 6.45) is 5.94. The number of aliphatic imine (C=N–C) groups is 1. The summed E-state index contributed by atoms with van der Waals surface area (Å²) in [4.78, 5) is 19.0. The molecule has 1 aromatic rings. The molecule has 2 N–H and O–H groups in total. The molecule has 3 rings (SSSR count). The molecule has 7 nitrogen and oxygen atoms in total. The first-order valence-electron chi connectivity index (χ1n) is 11.5. The SMILES string of the molecule is CCNC(=NCCNC(=O)c1ccccc1F)N1CCC(OCC2CCCCO2)CC1. The number of nitrogens with one attached hydrogen (secondary N) is 2. The second-order valence-corrected chi connectivity index (χ2v) is 7.98. The van der Waals surface area contributed by atoms with Gasteiger partial charge in [-0.3, -0.25) is 9.79 Å². The van der Waals surface area contributed by atoms with Crippen molar-refractivity contribution in [3.8, 4) is 0 Å². The van der Waals surface area contributed by atoms with Crippen molar-refractivity contribution in [3.63, 3.8) is 0 Å². The number of carbonyl (C=O) groups is 1. The van der Waals surface area contributed by atoms with E-state index in [4.69, 9.17) is 9.47 Å². The van der Waals surface area contributed by atoms with Crippen LogP contribution >= 0.6 is 0 Å². The van der Waals surface area contributed by atoms with E-state index >= 15 is 0 Å². The van der Waals surface area contributed by atoms with Crippen LogP contribution in [-0.2, 0) is 9.47 Å². The quantitative estimate of drug-likeness (QED) is 0.374. The van der Waals surface area contributed by atoms with E-state index in [2.05, 4.69) is 20.5 Å². The first-order valence-corrected chi connectivity index (χ1v) is 11.5. The summed E-state index contributed by atoms with van der Waals surface area (Å²) in [6.45, 7) is 6.90. The number of likely N-dealkylation sites (tertiary alicyclic amines) is 1. The standard InChI is InChI=1S/C23H35FN4O3/c1-2-25-23(27-13-12-26-22(29)20-8-3-4-9-21(20)24)28-14-10-18(11-15-28)31-17-19-7-5-6-16-30-19/h3-4,8-9,18-19H,2,5-7,10-17H2,1H3,(H,25,27)(H,26,29). The molecular weight excluding hydrogens is 399 g/mol. The lowest BCUT2D eigenvalue weighted by molar-refractivity contribution is -0.0721. The minimum atomic E-state index is -0.517. The summed E-state index contributed by atoms with van der Waals surface area (Å²) in [5, 5.41) is 6.05. The molecule has 0 spiro atoms. The third kappa shape index (κ3) is 7.47. The van der Waals surface area contributed by atoms with E-state index in [1.165, 1.54) is 18.6 Å². The Morgan fingerprint density at radius 1 is 1.23 bits per heavy atom. The number of amides is 1. The number of carbonyl (C=O) groups excluding carboxylic acids is 1. The minimum absolute atomic E-state index is 0.0547. The Labute approximate surface area is 184 Å². The fourth-order valence-electron chi connectivity index (χ4n) is 3.91. The van der Waals surface area contributed by atoms with Crippen molar-refractivity contribution in [3.05, 3.63) is 35.6 Å². The molecule has 8 heteroatoms. The molecule has 2 heterocycles. The van der Waals surface area contributed by atoms with Crippen LogP contribution in [0.4, 0.5) is 4.39 Å². The van der Waals surface area contributed by atoms with Gasteiger partial charge in [-0.1, -0.05) is 12.1 Å². The number of benzene rings is 1. The Kier molecular flexibility index (Phi) is 9.55. The van der Waals surface area contributed by atoms with Gasteiger partial charge in [-0.2, -0.15) is 0 Å². The van der Waals surface area contributed by atoms with Gasteiger partial charge in [-0.25, -0.2) is 4.39 Å². The van der Waals surface area contributed by atoms with E-state index in [9.17, 15) is 9.18 Å². The number of rotatable bonds is 8. The highest BCUT2D eigenvalue weighted by Gasteiger charge is 2.23. The largest absolute Gasteiger partial charge is 0.376 e. The summed E-state index contributed by atoms with van der Waals surface area (Å²) in [5.74, 6) is -0.0908. The Bertz CT molecular complexity index is 717. The Morgan fingerprint density at radius 2 is 2.03 bits per heavy atom. The monoisotopic (exact) mass is 434 g/mol. The van der Waals surface area contributed by atoms with Crippen LogP contribution in [0.25, 0.3) is 0 Å². The lowest BCUT2D eigenvalue weighted by atomic mass is 10.1. The molecule has 0 aliphatic carbocycles. The van der Waals surface area contributed by atoms with Crippen molar-refractivity contribution in [2.75, 3.05) is 45.9 Å². The number of halogens is 1. The summed E-state index contributed by atoms with van der Waals surface area (Å²) in [6, 6.07) is 5.97. The Morgan fingerprint density at radius 3 is 2.74 bits per heavy atom. The van der Waals surface area contributed by atoms with E-state index in [0.717, 1.165) is 57.9 Å². The number of guanidine groups is 1. The molecule has 0 aromatic heterocycles. The van der Waals surface area contributed by atoms with E-state index in [1.54, 1.807) is 12.1 Å². The predicted octanol–water partition coefficient (Wildman–Crippen LogP) is 2.57. The second kappa shape index (κ2) is 12.6. The summed E-state index contributed by atoms with van der Waals surface area (Å²) in [7, 11) is 0. The highest BCUT2D eigenvalue weighted by Crippen LogP contribution is 2.18. The molecule has 1 unspecified atom stereocenters. The van der Waals surface area contributed by atoms with Gasteiger partial charge in [0.1, 0.15) is 5.82 Å². The van der Waals surface area contributed by atoms with Crippen LogP contribution in [-0.4, -0.2) is 74.9 Å². The summed E-state index contributed by atoms with van der Waals surface area (Å²) in [5.41, 5.74) is 0.0547. The lowest BCUT2D eigenvalue weighted by Gasteiger charge is -2.35. The normalized spacial score (nSPS) is 20.5. The zero-order valence-electron chi connectivity index (χ0n) is 18.4. The molecular formula is C23H35FN4O3. The molecule has 2 aliphatic heterocycles. The van der Waals surface area contributed by atoms with Crippen LogP contribution in [0.3, 0.4) is 0 Å². The molecule has 172 valence electrons. The highest BCUT2D eigenvalue weighted by atomic mass is 19.1. The van der Waals surface area contributed by atoms with Crippen molar-refractivity contribution >= 4 is 11.9 Å². The van der Waals surface area contributed by atoms with Gasteiger partial charge in [0, 0.05) is 32.8 Å². The molecule has 1 amide bonds. The number of hydrogen-bond acceptors (Lipinski definition) is 4. The molecule has 31 heavy (non-hydrogen) atoms. The average Bonchev–Trinajstić information content (AvgIpc) is 2.81. The van der Waals surface area contributed by atoms with Crippen molar-refractivity contribution in [1.82, 2.24) is 15.5 Å². The lowest BCUT2D eigenvalue weighted by Crippen LogP contribution is -2.47. The van der Waals surface area contributed by atoms with Crippen molar-refractivity contribution in [2.45, 2.75) is 51.2 Å². The molecule has 2 fully saturated rings. The van der Waals surface area contributed by atoms with E-state index in [0.29, 0.717) is 19.7 Å². The zero-order chi connectivity index (χ0) is 21.9. The number of piperidine rings is 1. The van der Waals surface area contributed by atoms with Gasteiger partial charge in [-0.15, -0.1) is 0 Å². The fraction of sp³-hybridized carbons (Fsp3) is 0.652. The van der Waals surface area contributed by atoms with E-state index < -0.39 is 11.7 Å². The zero-order valence-corrected chi connectivity index (χ0v) is 18.4. The topological polar surface area (TPSA) is 75.2 Å². The number of ether oxygens (including phenoxy) is 2. The number of hydrogen-bond donors (Lipinski definition) is 2. The van der Waals surface area contributed by atoms with Crippen LogP contribution in [0.15, 0.2) is 29.3 Å². The van der Waals surface area contributed by atoms with Gasteiger partial charge >= 0.3 is 0 Å². The van der Waals surface area contributed by atoms with Crippen LogP contribution in [0.2, 0.25) is 0 Å². The molecule has 2 aliphatic rings. The third-order valence-corrected chi connectivity index (χ3v) is 5.65. The maximum absolute atomic E-state index is 13.7. The van der Waals surface area contributed by atoms with Gasteiger partial charge in [-0.05, 0) is 51.2 Å². The van der Waals surface area contributed by atoms with Crippen LogP contribution in [0.5, 0.6) is 0 Å². The van der Waals surface area contributed by atoms with Gasteiger partial charge in [0.15, 0.2) is 5.96 Å². The van der Waals surface area contributed by atoms with Crippen molar-refractivity contribution < 1.29 is 18.7 Å². The smallest absolute Gasteiger partial charge is 0.254 e. The average molecular weight is 435 g/mol. The fourth-order valence-corrected chi connectivity index (χ4v) is 3.91. The van der Waals surface area contributed by atoms with Crippen LogP contribution in [0, 0.1) is 5.82 Å². The van der Waals surface area contributed by atoms with E-state index in [-0.39, 0.29) is 17.8 Å². The third-order valence-electron chi connectivity index (χ3n) is 5.65. The molecule has 0 bridgehead atoms. The van der Waals surface area contributed by atoms with Crippen molar-refractivity contribution in [1.29, 1.82) is 0 Å². The van der Waals surface area contributed by atoms with Gasteiger partial charge in [0.2, 0.25) is 0 Å². The minimum Gasteiger partial charge on any atom is -0.376 e. The van der Waals surface area contributed by atoms with Gasteiger partial charge in [0.05, 0.1) is 30.9 Å². The van der Waals surface area contributed by atoms with Crippen LogP contribution < -0.4 is 10.6 Å². The van der Waals surface area contributed by atoms with E-state index in [1.807, 2.05) is 6.92 Å². The molecule has 1 atom stereocenters. The molecule has 0 radical (unpaired) electrons. The number of nitrogens with zero attached hydrogens (tertiary/aromatic N) is 2. The maximum Gasteiger partial charge on any atom is 0.254 e. The predicted molar refractivity (Wildman–Crippen MR) is 119 cm³/mol. The Balaban J connectivity index is 1.40. The van der Waals surface area contributed by atoms with Crippen molar-refractivity contribution in [2.24, 2.45) is 4.99 Å². The second-order valence-electron chi connectivity index (χ2n) is 7.98. The molecule has 2 saturated heterocycles. The van der Waals surface area contributed by atoms with Gasteiger partial charge < -0.3 is 25.0 Å². The Hall–Kier alpha value is -2.19. The van der Waals surface area contributed by atoms with Crippen LogP contribution in [0.1, 0.15) is 49.4 Å². The van der Waals surface area contributed by atoms with Gasteiger partial charge in [0.25, 0.3) is 5.91 Å². The summed E-state index contributed by atoms with van der Waals surface area (Å²) < 4.78 is 25.5. The highest BCUT2D eigenvalue weighted by molar-refractivity contribution is 5.94.